The van der Waals surface area contributed by atoms with Gasteiger partial charge in [0.2, 0.25) is 0 Å². The predicted molar refractivity (Wildman–Crippen MR) is 98.9 cm³/mol. The van der Waals surface area contributed by atoms with Crippen molar-refractivity contribution < 1.29 is 4.79 Å². The molecule has 3 rings (SSSR count). The van der Waals surface area contributed by atoms with Gasteiger partial charge in [0.05, 0.1) is 5.01 Å². The lowest BCUT2D eigenvalue weighted by Gasteiger charge is -2.36. The summed E-state index contributed by atoms with van der Waals surface area (Å²) >= 11 is 1.52. The molecule has 1 amide bonds. The first kappa shape index (κ1) is 16.9. The molecule has 5 nitrogen and oxygen atoms in total. The summed E-state index contributed by atoms with van der Waals surface area (Å²) in [5.41, 5.74) is 10.0. The molecule has 0 bridgehead atoms. The number of nitrogens with two attached hydrogens (primary N) is 1. The maximum Gasteiger partial charge on any atom is 0.273 e. The standard InChI is InChI=1S/C18H24N4OS/c1-13-4-3-5-16(14(13)2)21-8-10-22(11-9-21)18(23)15-12-24-17(20-15)6-7-19/h3-5,12H,6-11,19H2,1-2H3. The number of rotatable bonds is 4. The van der Waals surface area contributed by atoms with E-state index in [0.717, 1.165) is 37.6 Å². The highest BCUT2D eigenvalue weighted by Crippen LogP contribution is 2.24. The number of piperazine rings is 1. The van der Waals surface area contributed by atoms with Gasteiger partial charge in [-0.3, -0.25) is 4.79 Å². The maximum absolute atomic E-state index is 12.6. The average Bonchev–Trinajstić information content (AvgIpc) is 3.06. The molecule has 24 heavy (non-hydrogen) atoms. The lowest BCUT2D eigenvalue weighted by molar-refractivity contribution is 0.0741. The van der Waals surface area contributed by atoms with Gasteiger partial charge in [0.25, 0.3) is 5.91 Å². The highest BCUT2D eigenvalue weighted by Gasteiger charge is 2.24. The minimum atomic E-state index is 0.0372. The fourth-order valence-electron chi connectivity index (χ4n) is 3.04. The Balaban J connectivity index is 1.64. The second-order valence-corrected chi connectivity index (χ2v) is 7.11. The number of anilines is 1. The Kier molecular flexibility index (Phi) is 5.16. The molecule has 1 aliphatic heterocycles. The molecule has 1 aliphatic rings. The molecule has 0 spiro atoms. The minimum Gasteiger partial charge on any atom is -0.368 e. The molecular formula is C18H24N4OS. The number of aromatic nitrogens is 1. The molecule has 0 unspecified atom stereocenters. The Morgan fingerprint density at radius 3 is 2.71 bits per heavy atom. The third kappa shape index (κ3) is 3.44. The number of hydrogen-bond acceptors (Lipinski definition) is 5. The number of carbonyl (C=O) groups is 1. The monoisotopic (exact) mass is 344 g/mol. The van der Waals surface area contributed by atoms with Crippen molar-refractivity contribution in [1.82, 2.24) is 9.88 Å². The molecule has 6 heteroatoms. The zero-order valence-electron chi connectivity index (χ0n) is 14.3. The first-order valence-electron chi connectivity index (χ1n) is 8.35. The number of aryl methyl sites for hydroxylation is 1. The van der Waals surface area contributed by atoms with Gasteiger partial charge in [0.15, 0.2) is 0 Å². The van der Waals surface area contributed by atoms with Gasteiger partial charge in [-0.15, -0.1) is 11.3 Å². The molecule has 0 saturated carbocycles. The summed E-state index contributed by atoms with van der Waals surface area (Å²) in [5, 5.41) is 2.79. The van der Waals surface area contributed by atoms with Crippen molar-refractivity contribution in [3.05, 3.63) is 45.4 Å². The van der Waals surface area contributed by atoms with E-state index < -0.39 is 0 Å². The molecule has 2 aromatic rings. The van der Waals surface area contributed by atoms with E-state index in [4.69, 9.17) is 5.73 Å². The van der Waals surface area contributed by atoms with Crippen LogP contribution in [0.5, 0.6) is 0 Å². The number of nitrogens with zero attached hydrogens (tertiary/aromatic N) is 3. The van der Waals surface area contributed by atoms with Gasteiger partial charge in [-0.25, -0.2) is 4.98 Å². The van der Waals surface area contributed by atoms with Gasteiger partial charge >= 0.3 is 0 Å². The van der Waals surface area contributed by atoms with E-state index in [-0.39, 0.29) is 5.91 Å². The summed E-state index contributed by atoms with van der Waals surface area (Å²) in [7, 11) is 0. The number of carbonyl (C=O) groups excluding carboxylic acids is 1. The van der Waals surface area contributed by atoms with Crippen molar-refractivity contribution >= 4 is 22.9 Å². The molecule has 1 aromatic heterocycles. The van der Waals surface area contributed by atoms with Crippen LogP contribution in [-0.4, -0.2) is 48.5 Å². The fourth-order valence-corrected chi connectivity index (χ4v) is 3.83. The van der Waals surface area contributed by atoms with Crippen LogP contribution in [0.15, 0.2) is 23.6 Å². The molecule has 1 saturated heterocycles. The summed E-state index contributed by atoms with van der Waals surface area (Å²) in [5.74, 6) is 0.0372. The van der Waals surface area contributed by atoms with Gasteiger partial charge in [-0.1, -0.05) is 12.1 Å². The number of benzene rings is 1. The van der Waals surface area contributed by atoms with Crippen molar-refractivity contribution in [1.29, 1.82) is 0 Å². The van der Waals surface area contributed by atoms with Gasteiger partial charge < -0.3 is 15.5 Å². The molecule has 128 valence electrons. The van der Waals surface area contributed by atoms with Gasteiger partial charge in [0, 0.05) is 43.7 Å². The Bertz CT molecular complexity index is 720. The van der Waals surface area contributed by atoms with Gasteiger partial charge in [0.1, 0.15) is 5.69 Å². The summed E-state index contributed by atoms with van der Waals surface area (Å²) in [6.07, 6.45) is 0.734. The van der Waals surface area contributed by atoms with Crippen LogP contribution in [0.25, 0.3) is 0 Å². The first-order valence-corrected chi connectivity index (χ1v) is 9.23. The van der Waals surface area contributed by atoms with Crippen molar-refractivity contribution in [3.63, 3.8) is 0 Å². The van der Waals surface area contributed by atoms with Crippen molar-refractivity contribution in [2.75, 3.05) is 37.6 Å². The Morgan fingerprint density at radius 1 is 1.25 bits per heavy atom. The topological polar surface area (TPSA) is 62.5 Å². The van der Waals surface area contributed by atoms with Crippen molar-refractivity contribution in [2.45, 2.75) is 20.3 Å². The Labute approximate surface area is 147 Å². The second-order valence-electron chi connectivity index (χ2n) is 6.16. The van der Waals surface area contributed by atoms with E-state index in [1.54, 1.807) is 0 Å². The van der Waals surface area contributed by atoms with E-state index in [1.807, 2.05) is 10.3 Å². The van der Waals surface area contributed by atoms with Crippen LogP contribution < -0.4 is 10.6 Å². The number of thiazole rings is 1. The summed E-state index contributed by atoms with van der Waals surface area (Å²) in [6, 6.07) is 6.41. The molecule has 0 radical (unpaired) electrons. The van der Waals surface area contributed by atoms with Crippen LogP contribution in [0.4, 0.5) is 5.69 Å². The van der Waals surface area contributed by atoms with E-state index in [1.165, 1.54) is 28.2 Å². The lowest BCUT2D eigenvalue weighted by atomic mass is 10.1. The zero-order valence-corrected chi connectivity index (χ0v) is 15.1. The van der Waals surface area contributed by atoms with Crippen LogP contribution in [0, 0.1) is 13.8 Å². The van der Waals surface area contributed by atoms with E-state index in [0.29, 0.717) is 12.2 Å². The van der Waals surface area contributed by atoms with Gasteiger partial charge in [-0.2, -0.15) is 0 Å². The SMILES string of the molecule is Cc1cccc(N2CCN(C(=O)c3csc(CCN)n3)CC2)c1C. The Hall–Kier alpha value is -1.92. The highest BCUT2D eigenvalue weighted by molar-refractivity contribution is 7.09. The minimum absolute atomic E-state index is 0.0372. The molecule has 0 aliphatic carbocycles. The number of amides is 1. The normalized spacial score (nSPS) is 15.0. The smallest absolute Gasteiger partial charge is 0.273 e. The maximum atomic E-state index is 12.6. The second kappa shape index (κ2) is 7.32. The third-order valence-electron chi connectivity index (χ3n) is 4.61. The predicted octanol–water partition coefficient (Wildman–Crippen LogP) is 2.22. The molecule has 0 atom stereocenters. The molecular weight excluding hydrogens is 320 g/mol. The van der Waals surface area contributed by atoms with Crippen LogP contribution in [-0.2, 0) is 6.42 Å². The van der Waals surface area contributed by atoms with Crippen LogP contribution in [0.2, 0.25) is 0 Å². The van der Waals surface area contributed by atoms with Crippen molar-refractivity contribution in [3.8, 4) is 0 Å². The average molecular weight is 344 g/mol. The highest BCUT2D eigenvalue weighted by atomic mass is 32.1. The molecule has 1 aromatic carbocycles. The molecule has 1 fully saturated rings. The van der Waals surface area contributed by atoms with E-state index in [9.17, 15) is 4.79 Å². The first-order chi connectivity index (χ1) is 11.6. The van der Waals surface area contributed by atoms with Gasteiger partial charge in [-0.05, 0) is 37.6 Å². The quantitative estimate of drug-likeness (QED) is 0.924. The van der Waals surface area contributed by atoms with Crippen LogP contribution >= 0.6 is 11.3 Å². The summed E-state index contributed by atoms with van der Waals surface area (Å²) in [4.78, 5) is 21.3. The van der Waals surface area contributed by atoms with E-state index >= 15 is 0 Å². The summed E-state index contributed by atoms with van der Waals surface area (Å²) < 4.78 is 0. The summed E-state index contributed by atoms with van der Waals surface area (Å²) in [6.45, 7) is 8.05. The number of hydrogen-bond donors (Lipinski definition) is 1. The largest absolute Gasteiger partial charge is 0.368 e. The lowest BCUT2D eigenvalue weighted by Crippen LogP contribution is -2.49. The van der Waals surface area contributed by atoms with Crippen LogP contribution in [0.3, 0.4) is 0 Å². The molecule has 2 heterocycles. The fraction of sp³-hybridized carbons (Fsp3) is 0.444. The van der Waals surface area contributed by atoms with Crippen molar-refractivity contribution in [2.24, 2.45) is 5.73 Å². The van der Waals surface area contributed by atoms with E-state index in [2.05, 4.69) is 41.9 Å². The zero-order chi connectivity index (χ0) is 17.1. The van der Waals surface area contributed by atoms with Crippen LogP contribution in [0.1, 0.15) is 26.6 Å². The molecule has 2 N–H and O–H groups in total. The Morgan fingerprint density at radius 2 is 2.00 bits per heavy atom. The third-order valence-corrected chi connectivity index (χ3v) is 5.52.